The maximum atomic E-state index is 12.4. The molecular formula is C21H21ClN2O2S. The Hall–Kier alpha value is -2.37. The van der Waals surface area contributed by atoms with Crippen LogP contribution in [0.4, 0.5) is 0 Å². The second kappa shape index (κ2) is 8.55. The molecule has 0 fully saturated rings. The van der Waals surface area contributed by atoms with Gasteiger partial charge in [-0.05, 0) is 25.0 Å². The van der Waals surface area contributed by atoms with Crippen LogP contribution in [-0.2, 0) is 4.79 Å². The molecule has 6 heteroatoms. The van der Waals surface area contributed by atoms with Gasteiger partial charge in [-0.15, -0.1) is 11.3 Å². The maximum Gasteiger partial charge on any atom is 0.263 e. The number of hydrogen-bond acceptors (Lipinski definition) is 3. The zero-order valence-corrected chi connectivity index (χ0v) is 16.8. The molecule has 2 amide bonds. The molecule has 0 aliphatic heterocycles. The summed E-state index contributed by atoms with van der Waals surface area (Å²) in [6, 6.07) is 15.6. The standard InChI is InChI=1S/C21H21ClN2O2S/c1-3-16(14-10-8-13(2)9-11-14)24-18(25)12-23-21(26)20-19(22)15-6-4-5-7-17(15)27-20/h4-11,16H,3,12H2,1-2H3,(H,23,26)(H,24,25)/t16-/m0/s1. The van der Waals surface area contributed by atoms with Crippen molar-refractivity contribution in [2.24, 2.45) is 0 Å². The van der Waals surface area contributed by atoms with Crippen LogP contribution in [-0.4, -0.2) is 18.4 Å². The fraction of sp³-hybridized carbons (Fsp3) is 0.238. The summed E-state index contributed by atoms with van der Waals surface area (Å²) in [5.41, 5.74) is 2.22. The van der Waals surface area contributed by atoms with Crippen LogP contribution in [0.2, 0.25) is 5.02 Å². The Balaban J connectivity index is 1.61. The number of thiophene rings is 1. The van der Waals surface area contributed by atoms with Crippen LogP contribution in [0.15, 0.2) is 48.5 Å². The van der Waals surface area contributed by atoms with E-state index in [1.807, 2.05) is 62.4 Å². The van der Waals surface area contributed by atoms with Gasteiger partial charge in [-0.3, -0.25) is 9.59 Å². The van der Waals surface area contributed by atoms with Crippen molar-refractivity contribution >= 4 is 44.8 Å². The Morgan fingerprint density at radius 1 is 1.11 bits per heavy atom. The van der Waals surface area contributed by atoms with Crippen LogP contribution in [0.3, 0.4) is 0 Å². The number of fused-ring (bicyclic) bond motifs is 1. The van der Waals surface area contributed by atoms with Crippen molar-refractivity contribution in [1.29, 1.82) is 0 Å². The molecule has 0 radical (unpaired) electrons. The molecular weight excluding hydrogens is 380 g/mol. The monoisotopic (exact) mass is 400 g/mol. The average Bonchev–Trinajstić information content (AvgIpc) is 3.02. The molecule has 4 nitrogen and oxygen atoms in total. The van der Waals surface area contributed by atoms with E-state index in [4.69, 9.17) is 11.6 Å². The predicted molar refractivity (Wildman–Crippen MR) is 112 cm³/mol. The van der Waals surface area contributed by atoms with Gasteiger partial charge in [0.25, 0.3) is 5.91 Å². The highest BCUT2D eigenvalue weighted by molar-refractivity contribution is 7.21. The van der Waals surface area contributed by atoms with Gasteiger partial charge in [-0.1, -0.05) is 66.6 Å². The lowest BCUT2D eigenvalue weighted by Gasteiger charge is -2.18. The summed E-state index contributed by atoms with van der Waals surface area (Å²) in [5, 5.41) is 6.91. The lowest BCUT2D eigenvalue weighted by atomic mass is 10.0. The normalized spacial score (nSPS) is 12.0. The summed E-state index contributed by atoms with van der Waals surface area (Å²) in [4.78, 5) is 25.2. The van der Waals surface area contributed by atoms with E-state index in [0.717, 1.165) is 22.1 Å². The molecule has 0 saturated heterocycles. The minimum Gasteiger partial charge on any atom is -0.348 e. The van der Waals surface area contributed by atoms with Gasteiger partial charge in [0.2, 0.25) is 5.91 Å². The molecule has 0 unspecified atom stereocenters. The predicted octanol–water partition coefficient (Wildman–Crippen LogP) is 4.86. The SMILES string of the molecule is CC[C@H](NC(=O)CNC(=O)c1sc2ccccc2c1Cl)c1ccc(C)cc1. The van der Waals surface area contributed by atoms with Crippen molar-refractivity contribution < 1.29 is 9.59 Å². The van der Waals surface area contributed by atoms with Crippen LogP contribution in [0.5, 0.6) is 0 Å². The fourth-order valence-electron chi connectivity index (χ4n) is 2.87. The van der Waals surface area contributed by atoms with Crippen molar-refractivity contribution in [1.82, 2.24) is 10.6 Å². The summed E-state index contributed by atoms with van der Waals surface area (Å²) in [5.74, 6) is -0.562. The molecule has 2 N–H and O–H groups in total. The van der Waals surface area contributed by atoms with Gasteiger partial charge in [0.15, 0.2) is 0 Å². The zero-order valence-electron chi connectivity index (χ0n) is 15.2. The number of rotatable bonds is 6. The Morgan fingerprint density at radius 3 is 2.48 bits per heavy atom. The number of benzene rings is 2. The van der Waals surface area contributed by atoms with Gasteiger partial charge in [-0.25, -0.2) is 0 Å². The van der Waals surface area contributed by atoms with Crippen molar-refractivity contribution in [3.8, 4) is 0 Å². The fourth-order valence-corrected chi connectivity index (χ4v) is 4.30. The molecule has 0 aliphatic carbocycles. The Morgan fingerprint density at radius 2 is 1.81 bits per heavy atom. The number of carbonyl (C=O) groups excluding carboxylic acids is 2. The minimum absolute atomic E-state index is 0.0806. The molecule has 0 bridgehead atoms. The first kappa shape index (κ1) is 19.4. The number of hydrogen-bond donors (Lipinski definition) is 2. The quantitative estimate of drug-likeness (QED) is 0.620. The van der Waals surface area contributed by atoms with Gasteiger partial charge in [0.1, 0.15) is 4.88 Å². The lowest BCUT2D eigenvalue weighted by molar-refractivity contribution is -0.120. The average molecular weight is 401 g/mol. The van der Waals surface area contributed by atoms with Gasteiger partial charge >= 0.3 is 0 Å². The van der Waals surface area contributed by atoms with Gasteiger partial charge < -0.3 is 10.6 Å². The molecule has 1 aromatic heterocycles. The van der Waals surface area contributed by atoms with E-state index in [0.29, 0.717) is 9.90 Å². The summed E-state index contributed by atoms with van der Waals surface area (Å²) in [7, 11) is 0. The van der Waals surface area contributed by atoms with Gasteiger partial charge in [0.05, 0.1) is 17.6 Å². The number of aryl methyl sites for hydroxylation is 1. The Kier molecular flexibility index (Phi) is 6.14. The first-order valence-electron chi connectivity index (χ1n) is 8.80. The van der Waals surface area contributed by atoms with Gasteiger partial charge in [-0.2, -0.15) is 0 Å². The third-order valence-electron chi connectivity index (χ3n) is 4.37. The van der Waals surface area contributed by atoms with E-state index in [2.05, 4.69) is 10.6 Å². The van der Waals surface area contributed by atoms with Crippen molar-refractivity contribution in [2.75, 3.05) is 6.54 Å². The van der Waals surface area contributed by atoms with Crippen molar-refractivity contribution in [3.05, 3.63) is 69.6 Å². The van der Waals surface area contributed by atoms with Crippen LogP contribution >= 0.6 is 22.9 Å². The third-order valence-corrected chi connectivity index (χ3v) is 6.05. The van der Waals surface area contributed by atoms with E-state index in [1.165, 1.54) is 16.9 Å². The molecule has 2 aromatic carbocycles. The molecule has 1 atom stereocenters. The minimum atomic E-state index is -0.334. The molecule has 27 heavy (non-hydrogen) atoms. The van der Waals surface area contributed by atoms with Crippen LogP contribution < -0.4 is 10.6 Å². The maximum absolute atomic E-state index is 12.4. The summed E-state index contributed by atoms with van der Waals surface area (Å²) < 4.78 is 0.947. The first-order valence-corrected chi connectivity index (χ1v) is 10.00. The Bertz CT molecular complexity index is 966. The summed E-state index contributed by atoms with van der Waals surface area (Å²) in [6.45, 7) is 3.95. The van der Waals surface area contributed by atoms with E-state index >= 15 is 0 Å². The van der Waals surface area contributed by atoms with E-state index in [-0.39, 0.29) is 24.4 Å². The molecule has 1 heterocycles. The summed E-state index contributed by atoms with van der Waals surface area (Å²) >= 11 is 7.64. The smallest absolute Gasteiger partial charge is 0.263 e. The highest BCUT2D eigenvalue weighted by atomic mass is 35.5. The molecule has 0 saturated carbocycles. The van der Waals surface area contributed by atoms with Crippen LogP contribution in [0.25, 0.3) is 10.1 Å². The van der Waals surface area contributed by atoms with Crippen molar-refractivity contribution in [2.45, 2.75) is 26.3 Å². The molecule has 140 valence electrons. The number of nitrogens with one attached hydrogen (secondary N) is 2. The van der Waals surface area contributed by atoms with E-state index in [9.17, 15) is 9.59 Å². The topological polar surface area (TPSA) is 58.2 Å². The van der Waals surface area contributed by atoms with Gasteiger partial charge in [0, 0.05) is 10.1 Å². The van der Waals surface area contributed by atoms with E-state index in [1.54, 1.807) is 0 Å². The zero-order chi connectivity index (χ0) is 19.4. The molecule has 3 rings (SSSR count). The molecule has 3 aromatic rings. The second-order valence-electron chi connectivity index (χ2n) is 6.36. The highest BCUT2D eigenvalue weighted by Crippen LogP contribution is 2.34. The number of amides is 2. The molecule has 0 spiro atoms. The lowest BCUT2D eigenvalue weighted by Crippen LogP contribution is -2.38. The first-order chi connectivity index (χ1) is 13.0. The highest BCUT2D eigenvalue weighted by Gasteiger charge is 2.18. The third kappa shape index (κ3) is 4.49. The summed E-state index contributed by atoms with van der Waals surface area (Å²) in [6.07, 6.45) is 0.769. The molecule has 0 aliphatic rings. The van der Waals surface area contributed by atoms with Crippen LogP contribution in [0.1, 0.15) is 40.2 Å². The number of carbonyl (C=O) groups is 2. The van der Waals surface area contributed by atoms with Crippen LogP contribution in [0, 0.1) is 6.92 Å². The number of halogens is 1. The largest absolute Gasteiger partial charge is 0.348 e. The second-order valence-corrected chi connectivity index (χ2v) is 7.79. The Labute approximate surface area is 167 Å². The van der Waals surface area contributed by atoms with E-state index < -0.39 is 0 Å². The van der Waals surface area contributed by atoms with Crippen molar-refractivity contribution in [3.63, 3.8) is 0 Å².